The Morgan fingerprint density at radius 2 is 1.05 bits per heavy atom. The molecule has 0 saturated carbocycles. The van der Waals surface area contributed by atoms with Crippen molar-refractivity contribution in [2.24, 2.45) is 0 Å². The van der Waals surface area contributed by atoms with Crippen LogP contribution in [0.5, 0.6) is 0 Å². The van der Waals surface area contributed by atoms with Crippen molar-refractivity contribution in [3.8, 4) is 0 Å². The molecule has 0 aromatic carbocycles. The summed E-state index contributed by atoms with van der Waals surface area (Å²) in [6.07, 6.45) is 13.5. The number of rotatable bonds is 14. The summed E-state index contributed by atoms with van der Waals surface area (Å²) in [5, 5.41) is 9.26. The predicted octanol–water partition coefficient (Wildman–Crippen LogP) is 1.37. The van der Waals surface area contributed by atoms with Crippen molar-refractivity contribution in [1.82, 2.24) is 0 Å². The molecule has 0 aliphatic heterocycles. The summed E-state index contributed by atoms with van der Waals surface area (Å²) in [6.45, 7) is 8.29. The van der Waals surface area contributed by atoms with E-state index < -0.39 is 0 Å². The molecule has 0 spiro atoms. The van der Waals surface area contributed by atoms with Gasteiger partial charge in [-0.3, -0.25) is 0 Å². The van der Waals surface area contributed by atoms with E-state index in [2.05, 4.69) is 20.9 Å². The fraction of sp³-hybridized carbons (Fsp3) is 1.00. The van der Waals surface area contributed by atoms with E-state index in [4.69, 9.17) is 0 Å². The third-order valence-electron chi connectivity index (χ3n) is 4.24. The van der Waals surface area contributed by atoms with Crippen molar-refractivity contribution in [1.29, 1.82) is 0 Å². The second-order valence-electron chi connectivity index (χ2n) is 6.34. The fourth-order valence-corrected chi connectivity index (χ4v) is 2.77. The molecule has 124 valence electrons. The zero-order valence-corrected chi connectivity index (χ0v) is 16.3. The Kier molecular flexibility index (Phi) is 18.4. The van der Waals surface area contributed by atoms with Gasteiger partial charge in [0.15, 0.2) is 0 Å². The first-order valence-electron chi connectivity index (χ1n) is 8.63. The fourth-order valence-electron chi connectivity index (χ4n) is 2.77. The first-order valence-corrected chi connectivity index (χ1v) is 8.63. The number of nitrogens with zero attached hydrogens (tertiary/aromatic N) is 1. The minimum atomic E-state index is 0. The average molecular weight is 399 g/mol. The Labute approximate surface area is 144 Å². The van der Waals surface area contributed by atoms with Gasteiger partial charge in [0.05, 0.1) is 26.7 Å². The number of unbranched alkanes of at least 4 members (excludes halogenated alkanes) is 8. The maximum absolute atomic E-state index is 9.26. The van der Waals surface area contributed by atoms with Gasteiger partial charge in [0.2, 0.25) is 0 Å². The molecule has 1 atom stereocenters. The molecule has 0 saturated heterocycles. The Bertz CT molecular complexity index is 190. The van der Waals surface area contributed by atoms with Crippen molar-refractivity contribution < 1.29 is 33.6 Å². The molecular weight excluding hydrogens is 361 g/mol. The van der Waals surface area contributed by atoms with E-state index in [0.29, 0.717) is 6.61 Å². The zero-order chi connectivity index (χ0) is 14.4. The van der Waals surface area contributed by atoms with E-state index in [1.165, 1.54) is 77.3 Å². The normalized spacial score (nSPS) is 13.8. The summed E-state index contributed by atoms with van der Waals surface area (Å²) in [4.78, 5) is 0. The lowest BCUT2D eigenvalue weighted by Crippen LogP contribution is -3.00. The van der Waals surface area contributed by atoms with E-state index in [0.717, 1.165) is 11.0 Å². The average Bonchev–Trinajstić information content (AvgIpc) is 2.39. The van der Waals surface area contributed by atoms with Crippen molar-refractivity contribution >= 4 is 0 Å². The van der Waals surface area contributed by atoms with E-state index in [1.54, 1.807) is 0 Å². The number of likely N-dealkylation sites (N-methyl/N-ethyl adjacent to an activating group) is 1. The van der Waals surface area contributed by atoms with E-state index >= 15 is 0 Å². The molecule has 0 amide bonds. The van der Waals surface area contributed by atoms with Gasteiger partial charge in [-0.2, -0.15) is 0 Å². The molecule has 20 heavy (non-hydrogen) atoms. The molecule has 2 nitrogen and oxygen atoms in total. The Morgan fingerprint density at radius 3 is 1.50 bits per heavy atom. The summed E-state index contributed by atoms with van der Waals surface area (Å²) < 4.78 is 1.08. The highest BCUT2D eigenvalue weighted by molar-refractivity contribution is 4.48. The summed E-state index contributed by atoms with van der Waals surface area (Å²) in [6, 6.07) is 0. The summed E-state index contributed by atoms with van der Waals surface area (Å²) in [7, 11) is 2.33. The van der Waals surface area contributed by atoms with Gasteiger partial charge in [0.25, 0.3) is 0 Å². The minimum Gasteiger partial charge on any atom is -1.00 e. The topological polar surface area (TPSA) is 20.2 Å². The Balaban J connectivity index is 0. The van der Waals surface area contributed by atoms with Crippen molar-refractivity contribution in [3.05, 3.63) is 0 Å². The van der Waals surface area contributed by atoms with Crippen LogP contribution in [0, 0.1) is 0 Å². The lowest BCUT2D eigenvalue weighted by molar-refractivity contribution is -0.910. The van der Waals surface area contributed by atoms with Crippen LogP contribution in [0.25, 0.3) is 0 Å². The highest BCUT2D eigenvalue weighted by atomic mass is 127. The van der Waals surface area contributed by atoms with Crippen LogP contribution in [0.3, 0.4) is 0 Å². The Morgan fingerprint density at radius 1 is 0.650 bits per heavy atom. The summed E-state index contributed by atoms with van der Waals surface area (Å²) in [5.74, 6) is 0. The second kappa shape index (κ2) is 16.0. The molecule has 1 unspecified atom stereocenters. The zero-order valence-electron chi connectivity index (χ0n) is 14.2. The van der Waals surface area contributed by atoms with Crippen molar-refractivity contribution in [3.63, 3.8) is 0 Å². The maximum Gasteiger partial charge on any atom is 0.102 e. The van der Waals surface area contributed by atoms with Gasteiger partial charge in [-0.1, -0.05) is 52.4 Å². The number of aliphatic hydroxyl groups excluding tert-OH is 1. The molecule has 1 N–H and O–H groups in total. The summed E-state index contributed by atoms with van der Waals surface area (Å²) in [5.41, 5.74) is 0. The van der Waals surface area contributed by atoms with Gasteiger partial charge >= 0.3 is 0 Å². The van der Waals surface area contributed by atoms with Crippen LogP contribution in [-0.4, -0.2) is 42.9 Å². The number of aliphatic hydroxyl groups is 1. The molecule has 0 fully saturated rings. The monoisotopic (exact) mass is 399 g/mol. The van der Waals surface area contributed by atoms with Gasteiger partial charge in [0.1, 0.15) is 6.54 Å². The third kappa shape index (κ3) is 13.6. The molecule has 0 aromatic rings. The molecule has 0 heterocycles. The van der Waals surface area contributed by atoms with Crippen LogP contribution in [-0.2, 0) is 0 Å². The molecule has 0 aromatic heterocycles. The van der Waals surface area contributed by atoms with Crippen LogP contribution in [0.15, 0.2) is 0 Å². The lowest BCUT2D eigenvalue weighted by Gasteiger charge is -2.34. The van der Waals surface area contributed by atoms with Gasteiger partial charge in [0, 0.05) is 0 Å². The number of hydrogen-bond donors (Lipinski definition) is 1. The van der Waals surface area contributed by atoms with Gasteiger partial charge in [-0.05, 0) is 25.7 Å². The SMILES string of the molecule is CCCCCCCC[N+](C)(CCO)CCCCCC.[I-]. The Hall–Kier alpha value is 0.650. The smallest absolute Gasteiger partial charge is 0.102 e. The van der Waals surface area contributed by atoms with Crippen LogP contribution in [0.1, 0.15) is 78.1 Å². The van der Waals surface area contributed by atoms with Gasteiger partial charge < -0.3 is 33.6 Å². The number of halogens is 1. The standard InChI is InChI=1S/C17H38NO.HI/c1-4-6-8-10-11-13-15-18(3,16-17-19)14-12-9-7-5-2;/h19H,4-17H2,1-3H3;1H/q+1;/p-1. The van der Waals surface area contributed by atoms with E-state index in [-0.39, 0.29) is 24.0 Å². The maximum atomic E-state index is 9.26. The molecule has 0 bridgehead atoms. The molecule has 0 aliphatic carbocycles. The molecule has 0 rings (SSSR count). The largest absolute Gasteiger partial charge is 1.00 e. The van der Waals surface area contributed by atoms with Crippen molar-refractivity contribution in [2.75, 3.05) is 33.3 Å². The second-order valence-corrected chi connectivity index (χ2v) is 6.34. The van der Waals surface area contributed by atoms with Crippen molar-refractivity contribution in [2.45, 2.75) is 78.1 Å². The highest BCUT2D eigenvalue weighted by Gasteiger charge is 2.19. The molecular formula is C17H38INO. The molecule has 3 heteroatoms. The third-order valence-corrected chi connectivity index (χ3v) is 4.24. The lowest BCUT2D eigenvalue weighted by atomic mass is 10.1. The number of quaternary nitrogens is 1. The van der Waals surface area contributed by atoms with Crippen LogP contribution < -0.4 is 24.0 Å². The number of hydrogen-bond acceptors (Lipinski definition) is 1. The van der Waals surface area contributed by atoms with Gasteiger partial charge in [-0.15, -0.1) is 0 Å². The van der Waals surface area contributed by atoms with Gasteiger partial charge in [-0.25, -0.2) is 0 Å². The first kappa shape index (κ1) is 22.9. The summed E-state index contributed by atoms with van der Waals surface area (Å²) >= 11 is 0. The first-order chi connectivity index (χ1) is 9.18. The molecule has 0 radical (unpaired) electrons. The van der Waals surface area contributed by atoms with E-state index in [1.807, 2.05) is 0 Å². The molecule has 0 aliphatic rings. The predicted molar refractivity (Wildman–Crippen MR) is 85.4 cm³/mol. The highest BCUT2D eigenvalue weighted by Crippen LogP contribution is 2.12. The quantitative estimate of drug-likeness (QED) is 0.266. The van der Waals surface area contributed by atoms with E-state index in [9.17, 15) is 5.11 Å². The van der Waals surface area contributed by atoms with Crippen LogP contribution in [0.2, 0.25) is 0 Å². The minimum absolute atomic E-state index is 0. The van der Waals surface area contributed by atoms with Crippen LogP contribution >= 0.6 is 0 Å². The van der Waals surface area contributed by atoms with Crippen LogP contribution in [0.4, 0.5) is 0 Å².